The van der Waals surface area contributed by atoms with Gasteiger partial charge in [-0.3, -0.25) is 24.2 Å². The molecule has 0 aromatic heterocycles. The molecule has 4 aromatic carbocycles. The molecule has 72 heavy (non-hydrogen) atoms. The van der Waals surface area contributed by atoms with Crippen molar-refractivity contribution < 1.29 is 52.8 Å². The van der Waals surface area contributed by atoms with Gasteiger partial charge in [0.25, 0.3) is 11.8 Å². The number of rotatable bonds is 17. The van der Waals surface area contributed by atoms with Crippen LogP contribution in [0.5, 0.6) is 23.0 Å². The first-order valence-electron chi connectivity index (χ1n) is 24.5. The summed E-state index contributed by atoms with van der Waals surface area (Å²) in [5, 5.41) is 14.7. The highest BCUT2D eigenvalue weighted by atomic mass is 16.6. The second-order valence-electron chi connectivity index (χ2n) is 19.9. The van der Waals surface area contributed by atoms with E-state index in [-0.39, 0.29) is 89.9 Å². The summed E-state index contributed by atoms with van der Waals surface area (Å²) >= 11 is 0. The number of fused-ring (bicyclic) bond motifs is 4. The Balaban J connectivity index is 0.861. The maximum absolute atomic E-state index is 14.3. The molecule has 378 valence electrons. The zero-order valence-electron chi connectivity index (χ0n) is 41.5. The number of hydrogen-bond acceptors (Lipinski definition) is 13. The van der Waals surface area contributed by atoms with Crippen molar-refractivity contribution in [3.63, 3.8) is 0 Å². The summed E-state index contributed by atoms with van der Waals surface area (Å²) in [5.41, 5.74) is 11.6. The molecule has 17 nitrogen and oxygen atoms in total. The number of carbonyl (C=O) groups is 5. The van der Waals surface area contributed by atoms with Crippen molar-refractivity contribution >= 4 is 52.8 Å². The highest BCUT2D eigenvalue weighted by molar-refractivity contribution is 6.07. The second kappa shape index (κ2) is 20.5. The van der Waals surface area contributed by atoms with Gasteiger partial charge in [0.1, 0.15) is 6.61 Å². The van der Waals surface area contributed by atoms with E-state index in [9.17, 15) is 29.1 Å². The average molecular weight is 983 g/mol. The average Bonchev–Trinajstić information content (AvgIpc) is 3.88. The molecule has 5 atom stereocenters. The van der Waals surface area contributed by atoms with Gasteiger partial charge < -0.3 is 49.6 Å². The quantitative estimate of drug-likeness (QED) is 0.0923. The molecule has 4 aromatic rings. The van der Waals surface area contributed by atoms with E-state index in [1.165, 1.54) is 26.4 Å². The molecule has 4 amide bonds. The number of aliphatic imine (C=N–C) groups is 1. The van der Waals surface area contributed by atoms with Crippen LogP contribution in [0, 0.1) is 18.3 Å². The molecule has 9 rings (SSSR count). The fourth-order valence-electron chi connectivity index (χ4n) is 9.77. The third-order valence-corrected chi connectivity index (χ3v) is 14.4. The zero-order chi connectivity index (χ0) is 51.0. The Hall–Kier alpha value is -7.24. The van der Waals surface area contributed by atoms with Gasteiger partial charge in [0.15, 0.2) is 35.0 Å². The van der Waals surface area contributed by atoms with Crippen LogP contribution in [-0.2, 0) is 27.4 Å². The number of amides is 4. The molecule has 17 heteroatoms. The van der Waals surface area contributed by atoms with Crippen molar-refractivity contribution in [1.82, 2.24) is 15.1 Å². The van der Waals surface area contributed by atoms with E-state index < -0.39 is 30.4 Å². The molecule has 1 unspecified atom stereocenters. The summed E-state index contributed by atoms with van der Waals surface area (Å²) in [7, 11) is 2.97. The third kappa shape index (κ3) is 10.1. The van der Waals surface area contributed by atoms with Crippen LogP contribution in [-0.4, -0.2) is 115 Å². The highest BCUT2D eigenvalue weighted by Crippen LogP contribution is 2.57. The Bertz CT molecular complexity index is 2820. The van der Waals surface area contributed by atoms with Crippen molar-refractivity contribution in [3.05, 3.63) is 112 Å². The molecule has 4 heterocycles. The van der Waals surface area contributed by atoms with Crippen LogP contribution in [0.2, 0.25) is 0 Å². The molecule has 2 fully saturated rings. The molecule has 5 aliphatic rings. The van der Waals surface area contributed by atoms with E-state index in [1.54, 1.807) is 59.3 Å². The van der Waals surface area contributed by atoms with Gasteiger partial charge in [-0.1, -0.05) is 67.9 Å². The zero-order valence-corrected chi connectivity index (χ0v) is 41.5. The second-order valence-corrected chi connectivity index (χ2v) is 19.9. The standard InChI is InChI=1S/C55H62N6O11/c1-31(2)49(56)50(63)58-33(4)44(62)20-34-10-12-35(13-11-34)29-72-54(67)61-42-25-48(46(69-6)23-40(42)52(65)60-30-55(16-17-55)26-43(60)53(61)66)71-19-7-18-70-47-24-41-39(22-45(47)68-5)51(64)59-28-37(21-38(59)27-57-41)36-14-8-32(3)9-15-36/h8-15,22-25,27-28,31,33,38,43,49,53,66H,7,16-21,26,29-30,56H2,1-6H3,(H,58,63)/t33-,38-,43-,49-,53?/m0/s1. The van der Waals surface area contributed by atoms with E-state index in [0.717, 1.165) is 34.4 Å². The Morgan fingerprint density at radius 2 is 1.51 bits per heavy atom. The highest BCUT2D eigenvalue weighted by Gasteiger charge is 2.58. The number of hydrogen-bond donors (Lipinski definition) is 3. The van der Waals surface area contributed by atoms with Gasteiger partial charge >= 0.3 is 6.09 Å². The number of aliphatic hydroxyl groups is 1. The van der Waals surface area contributed by atoms with Crippen molar-refractivity contribution in [2.24, 2.45) is 22.1 Å². The number of nitrogens with one attached hydrogen (secondary N) is 1. The van der Waals surface area contributed by atoms with Crippen LogP contribution >= 0.6 is 0 Å². The van der Waals surface area contributed by atoms with Crippen LogP contribution < -0.4 is 34.9 Å². The summed E-state index contributed by atoms with van der Waals surface area (Å²) < 4.78 is 29.7. The molecule has 0 radical (unpaired) electrons. The Labute approximate surface area is 418 Å². The van der Waals surface area contributed by atoms with Crippen LogP contribution in [0.4, 0.5) is 16.2 Å². The number of aliphatic hydroxyl groups excluding tert-OH is 1. The van der Waals surface area contributed by atoms with Crippen LogP contribution in [0.25, 0.3) is 5.57 Å². The lowest BCUT2D eigenvalue weighted by molar-refractivity contribution is -0.128. The van der Waals surface area contributed by atoms with Gasteiger partial charge in [-0.2, -0.15) is 0 Å². The van der Waals surface area contributed by atoms with Gasteiger partial charge in [-0.25, -0.2) is 9.69 Å². The van der Waals surface area contributed by atoms with Crippen LogP contribution in [0.3, 0.4) is 0 Å². The van der Waals surface area contributed by atoms with Crippen LogP contribution in [0.1, 0.15) is 95.8 Å². The molecule has 4 N–H and O–H groups in total. The van der Waals surface area contributed by atoms with Crippen molar-refractivity contribution in [1.29, 1.82) is 0 Å². The molecule has 1 aliphatic carbocycles. The predicted molar refractivity (Wildman–Crippen MR) is 269 cm³/mol. The first-order valence-corrected chi connectivity index (χ1v) is 24.5. The normalized spacial score (nSPS) is 20.1. The van der Waals surface area contributed by atoms with Crippen molar-refractivity contribution in [2.45, 2.75) is 103 Å². The molecule has 0 bridgehead atoms. The maximum atomic E-state index is 14.3. The first kappa shape index (κ1) is 49.7. The largest absolute Gasteiger partial charge is 0.493 e. The smallest absolute Gasteiger partial charge is 0.416 e. The summed E-state index contributed by atoms with van der Waals surface area (Å²) in [6.07, 6.45) is 4.89. The third-order valence-electron chi connectivity index (χ3n) is 14.4. The van der Waals surface area contributed by atoms with Gasteiger partial charge in [0.05, 0.1) is 74.1 Å². The van der Waals surface area contributed by atoms with Crippen molar-refractivity contribution in [2.75, 3.05) is 38.9 Å². The topological polar surface area (TPSA) is 212 Å². The number of benzene rings is 4. The molecule has 1 spiro atoms. The Kier molecular flexibility index (Phi) is 14.1. The number of carbonyl (C=O) groups excluding carboxylic acids is 5. The monoisotopic (exact) mass is 982 g/mol. The first-order chi connectivity index (χ1) is 34.6. The number of aryl methyl sites for hydroxylation is 1. The maximum Gasteiger partial charge on any atom is 0.416 e. The van der Waals surface area contributed by atoms with E-state index in [1.807, 2.05) is 27.0 Å². The van der Waals surface area contributed by atoms with Gasteiger partial charge in [0, 0.05) is 50.4 Å². The summed E-state index contributed by atoms with van der Waals surface area (Å²) in [5.74, 6) is 0.100. The summed E-state index contributed by atoms with van der Waals surface area (Å²) in [4.78, 5) is 77.0. The number of nitrogens with two attached hydrogens (primary N) is 1. The van der Waals surface area contributed by atoms with Gasteiger partial charge in [-0.05, 0) is 78.8 Å². The number of ether oxygens (including phenoxy) is 5. The minimum absolute atomic E-state index is 0.0696. The molecule has 1 saturated heterocycles. The lowest BCUT2D eigenvalue weighted by Crippen LogP contribution is -2.50. The minimum atomic E-state index is -1.43. The molecular formula is C55H62N6O11. The molecular weight excluding hydrogens is 921 g/mol. The van der Waals surface area contributed by atoms with E-state index in [0.29, 0.717) is 59.7 Å². The Morgan fingerprint density at radius 3 is 2.17 bits per heavy atom. The fraction of sp³-hybridized carbons (Fsp3) is 0.418. The number of methoxy groups -OCH3 is 2. The summed E-state index contributed by atoms with van der Waals surface area (Å²) in [6.45, 7) is 7.95. The number of ketones is 1. The lowest BCUT2D eigenvalue weighted by Gasteiger charge is -2.31. The molecule has 1 saturated carbocycles. The van der Waals surface area contributed by atoms with E-state index in [4.69, 9.17) is 34.4 Å². The number of Topliss-reactive ketones (excluding diaryl/α,β-unsaturated/α-hetero) is 1. The minimum Gasteiger partial charge on any atom is -0.493 e. The molecule has 4 aliphatic heterocycles. The predicted octanol–water partition coefficient (Wildman–Crippen LogP) is 6.90. The van der Waals surface area contributed by atoms with Crippen LogP contribution in [0.15, 0.2) is 84.0 Å². The number of nitrogens with zero attached hydrogens (tertiary/aromatic N) is 4. The fourth-order valence-corrected chi connectivity index (χ4v) is 9.77. The van der Waals surface area contributed by atoms with E-state index >= 15 is 0 Å². The Morgan fingerprint density at radius 1 is 0.861 bits per heavy atom. The van der Waals surface area contributed by atoms with Gasteiger partial charge in [0.2, 0.25) is 5.91 Å². The number of anilines is 1. The summed E-state index contributed by atoms with van der Waals surface area (Å²) in [6, 6.07) is 19.3. The SMILES string of the molecule is COc1cc2c(cc1OCCCOc1cc3c(cc1OC)C(=O)N1CC4(CC4)C[C@H]1C(O)N3C(=O)OCc1ccc(CC(=O)[C@H](C)NC(=O)[C@@H](N)C(C)C)cc1)N=C[C@@H]1CC(c3ccc(C)cc3)=CN1C2=O. The van der Waals surface area contributed by atoms with Gasteiger partial charge in [-0.15, -0.1) is 0 Å². The lowest BCUT2D eigenvalue weighted by atomic mass is 10.0. The van der Waals surface area contributed by atoms with E-state index in [2.05, 4.69) is 29.6 Å². The van der Waals surface area contributed by atoms with Crippen molar-refractivity contribution in [3.8, 4) is 23.0 Å².